The van der Waals surface area contributed by atoms with Gasteiger partial charge in [0.25, 0.3) is 0 Å². The quantitative estimate of drug-likeness (QED) is 0.141. The topological polar surface area (TPSA) is 0 Å². The molecule has 0 aromatic heterocycles. The number of rotatable bonds is 9. The van der Waals surface area contributed by atoms with Crippen molar-refractivity contribution in [1.82, 2.24) is 0 Å². The maximum atomic E-state index is 8.68. The molecule has 0 atom stereocenters. The number of halogens is 1. The molecule has 44 heavy (non-hydrogen) atoms. The van der Waals surface area contributed by atoms with E-state index >= 15 is 0 Å². The molecular formula is C36H63ClSi7. The van der Waals surface area contributed by atoms with Crippen LogP contribution in [-0.2, 0) is 0 Å². The van der Waals surface area contributed by atoms with Gasteiger partial charge in [-0.1, -0.05) is 204 Å². The van der Waals surface area contributed by atoms with E-state index in [1.54, 1.807) is 31.1 Å². The highest BCUT2D eigenvalue weighted by molar-refractivity contribution is 7.40. The van der Waals surface area contributed by atoms with Crippen LogP contribution in [0.4, 0.5) is 0 Å². The Balaban J connectivity index is 2.68. The average Bonchev–Trinajstić information content (AvgIpc) is 2.84. The molecule has 0 spiro atoms. The molecule has 0 aliphatic rings. The summed E-state index contributed by atoms with van der Waals surface area (Å²) in [5, 5.41) is 13.6. The molecule has 0 saturated carbocycles. The molecule has 0 saturated heterocycles. The zero-order valence-electron chi connectivity index (χ0n) is 31.6. The van der Waals surface area contributed by atoms with Crippen molar-refractivity contribution in [2.45, 2.75) is 118 Å². The van der Waals surface area contributed by atoms with Gasteiger partial charge in [0.1, 0.15) is 0 Å². The molecule has 3 rings (SSSR count). The van der Waals surface area contributed by atoms with Crippen LogP contribution in [0.1, 0.15) is 0 Å². The van der Waals surface area contributed by atoms with E-state index in [2.05, 4.69) is 172 Å². The monoisotopic (exact) mass is 726 g/mol. The maximum Gasteiger partial charge on any atom is 0.247 e. The third-order valence-corrected chi connectivity index (χ3v) is 26.5. The molecule has 0 aliphatic heterocycles. The first-order valence-corrected chi connectivity index (χ1v) is 40.6. The van der Waals surface area contributed by atoms with E-state index in [0.717, 1.165) is 0 Å². The van der Waals surface area contributed by atoms with Crippen LogP contribution in [-0.4, -0.2) is 55.8 Å². The Labute approximate surface area is 284 Å². The van der Waals surface area contributed by atoms with Crippen LogP contribution in [0.2, 0.25) is 118 Å². The Morgan fingerprint density at radius 2 is 0.364 bits per heavy atom. The first-order valence-electron chi connectivity index (χ1n) is 16.6. The van der Waals surface area contributed by atoms with Gasteiger partial charge < -0.3 is 0 Å². The highest BCUT2D eigenvalue weighted by Gasteiger charge is 2.42. The number of benzene rings is 3. The van der Waals surface area contributed by atoms with Crippen LogP contribution >= 0.6 is 11.1 Å². The summed E-state index contributed by atoms with van der Waals surface area (Å²) in [7, 11) is -12.6. The molecule has 0 fully saturated rings. The minimum absolute atomic E-state index is 1.42. The van der Waals surface area contributed by atoms with Crippen LogP contribution in [0, 0.1) is 0 Å². The molecule has 3 aromatic carbocycles. The zero-order chi connectivity index (χ0) is 34.1. The lowest BCUT2D eigenvalue weighted by Crippen LogP contribution is -2.68. The van der Waals surface area contributed by atoms with E-state index in [9.17, 15) is 0 Å². The first kappa shape index (κ1) is 37.9. The molecule has 0 aliphatic carbocycles. The van der Waals surface area contributed by atoms with E-state index in [4.69, 9.17) is 11.1 Å². The summed E-state index contributed by atoms with van der Waals surface area (Å²) in [5.41, 5.74) is 0. The van der Waals surface area contributed by atoms with E-state index in [-0.39, 0.29) is 0 Å². The van der Waals surface area contributed by atoms with Crippen molar-refractivity contribution in [3.8, 4) is 0 Å². The van der Waals surface area contributed by atoms with Crippen molar-refractivity contribution >= 4 is 114 Å². The van der Waals surface area contributed by atoms with Gasteiger partial charge >= 0.3 is 0 Å². The second-order valence-corrected chi connectivity index (χ2v) is 54.8. The summed E-state index contributed by atoms with van der Waals surface area (Å²) in [4.78, 5) is 0. The first-order chi connectivity index (χ1) is 19.4. The summed E-state index contributed by atoms with van der Waals surface area (Å²) < 4.78 is 0. The van der Waals surface area contributed by atoms with Crippen molar-refractivity contribution < 1.29 is 0 Å². The van der Waals surface area contributed by atoms with Gasteiger partial charge in [-0.2, -0.15) is 0 Å². The van der Waals surface area contributed by atoms with Crippen molar-refractivity contribution in [2.75, 3.05) is 0 Å². The fourth-order valence-corrected chi connectivity index (χ4v) is 18.0. The van der Waals surface area contributed by atoms with Gasteiger partial charge in [-0.25, -0.2) is 0 Å². The summed E-state index contributed by atoms with van der Waals surface area (Å²) >= 11 is 8.68. The van der Waals surface area contributed by atoms with Crippen molar-refractivity contribution in [1.29, 1.82) is 0 Å². The Morgan fingerprint density at radius 3 is 0.477 bits per heavy atom. The SMILES string of the molecule is C[Si](C)(C)c1cc([Si](C)(C)C)cc([Si](Cl)(c2cc([Si](C)(C)C)cc([Si](C)(C)C)c2)c2cc([Si](C)(C)C)cc([Si](C)(C)C)c2)c1. The average molecular weight is 728 g/mol. The minimum Gasteiger partial charge on any atom is -0.149 e. The number of hydrogen-bond acceptors (Lipinski definition) is 0. The summed E-state index contributed by atoms with van der Waals surface area (Å²) in [6, 6.07) is 23.2. The largest absolute Gasteiger partial charge is 0.247 e. The van der Waals surface area contributed by atoms with E-state index in [1.807, 2.05) is 0 Å². The van der Waals surface area contributed by atoms with Gasteiger partial charge in [0, 0.05) is 0 Å². The second kappa shape index (κ2) is 12.2. The Hall–Kier alpha value is -0.532. The molecule has 3 aromatic rings. The normalized spacial score (nSPS) is 14.2. The third-order valence-electron chi connectivity index (χ3n) is 9.19. The van der Waals surface area contributed by atoms with Gasteiger partial charge in [0.15, 0.2) is 0 Å². The van der Waals surface area contributed by atoms with Gasteiger partial charge in [0.05, 0.1) is 48.4 Å². The highest BCUT2D eigenvalue weighted by atomic mass is 35.6. The standard InChI is InChI=1S/C36H63ClSi7/c1-38(2,3)28-19-29(39(4,5)6)23-34(22-28)44(37,35-24-30(40(7,8)9)20-31(25-35)41(10,11)12)36-26-32(42(13,14)15)21-33(27-36)43(16,17)18/h19-27H,1-18H3. The van der Waals surface area contributed by atoms with Crippen molar-refractivity contribution in [3.05, 3.63) is 54.6 Å². The molecule has 0 radical (unpaired) electrons. The molecule has 0 amide bonds. The maximum absolute atomic E-state index is 8.68. The predicted octanol–water partition coefficient (Wildman–Crippen LogP) is 6.16. The van der Waals surface area contributed by atoms with E-state index in [0.29, 0.717) is 0 Å². The van der Waals surface area contributed by atoms with Crippen molar-refractivity contribution in [3.63, 3.8) is 0 Å². The van der Waals surface area contributed by atoms with Crippen LogP contribution in [0.5, 0.6) is 0 Å². The van der Waals surface area contributed by atoms with Crippen LogP contribution in [0.15, 0.2) is 54.6 Å². The summed E-state index contributed by atoms with van der Waals surface area (Å²) in [5.74, 6) is 0. The molecule has 0 N–H and O–H groups in total. The van der Waals surface area contributed by atoms with Gasteiger partial charge in [-0.15, -0.1) is 11.1 Å². The van der Waals surface area contributed by atoms with Gasteiger partial charge in [-0.3, -0.25) is 0 Å². The fourth-order valence-electron chi connectivity index (χ4n) is 5.58. The summed E-state index contributed by atoms with van der Waals surface area (Å²) in [6.45, 7) is 45.0. The Bertz CT molecular complexity index is 1240. The third kappa shape index (κ3) is 8.48. The molecule has 242 valence electrons. The van der Waals surface area contributed by atoms with Crippen LogP contribution in [0.3, 0.4) is 0 Å². The minimum atomic E-state index is -2.93. The van der Waals surface area contributed by atoms with E-state index < -0.39 is 55.8 Å². The molecule has 0 unspecified atom stereocenters. The van der Waals surface area contributed by atoms with Gasteiger partial charge in [-0.05, 0) is 15.6 Å². The molecule has 8 heteroatoms. The summed E-state index contributed by atoms with van der Waals surface area (Å²) in [6.07, 6.45) is 0. The van der Waals surface area contributed by atoms with Crippen LogP contribution < -0.4 is 46.7 Å². The molecule has 0 bridgehead atoms. The highest BCUT2D eigenvalue weighted by Crippen LogP contribution is 2.17. The Kier molecular flexibility index (Phi) is 10.5. The smallest absolute Gasteiger partial charge is 0.149 e. The van der Waals surface area contributed by atoms with Crippen molar-refractivity contribution in [2.24, 2.45) is 0 Å². The van der Waals surface area contributed by atoms with Crippen LogP contribution in [0.25, 0.3) is 0 Å². The number of hydrogen-bond donors (Lipinski definition) is 0. The van der Waals surface area contributed by atoms with E-state index in [1.165, 1.54) is 15.6 Å². The second-order valence-electron chi connectivity index (χ2n) is 19.6. The van der Waals surface area contributed by atoms with Gasteiger partial charge in [0.2, 0.25) is 7.38 Å². The lowest BCUT2D eigenvalue weighted by Gasteiger charge is -2.35. The molecule has 0 heterocycles. The predicted molar refractivity (Wildman–Crippen MR) is 228 cm³/mol. The molecule has 0 nitrogen and oxygen atoms in total. The Morgan fingerprint density at radius 1 is 0.250 bits per heavy atom. The zero-order valence-corrected chi connectivity index (χ0v) is 39.3. The fraction of sp³-hybridized carbons (Fsp3) is 0.500. The lowest BCUT2D eigenvalue weighted by atomic mass is 10.3. The lowest BCUT2D eigenvalue weighted by molar-refractivity contribution is 1.66. The molecular weight excluding hydrogens is 664 g/mol.